The van der Waals surface area contributed by atoms with Gasteiger partial charge in [0.2, 0.25) is 0 Å². The number of rotatable bonds is 6. The lowest BCUT2D eigenvalue weighted by Gasteiger charge is -2.21. The van der Waals surface area contributed by atoms with Crippen LogP contribution in [0.1, 0.15) is 32.6 Å². The fourth-order valence-electron chi connectivity index (χ4n) is 2.81. The Morgan fingerprint density at radius 2 is 2.15 bits per heavy atom. The Morgan fingerprint density at radius 3 is 2.85 bits per heavy atom. The number of ether oxygens (including phenoxy) is 1. The van der Waals surface area contributed by atoms with Crippen molar-refractivity contribution in [2.45, 2.75) is 48.8 Å². The molecule has 0 saturated heterocycles. The van der Waals surface area contributed by atoms with Gasteiger partial charge in [0.25, 0.3) is 0 Å². The van der Waals surface area contributed by atoms with Gasteiger partial charge in [-0.2, -0.15) is 0 Å². The van der Waals surface area contributed by atoms with Gasteiger partial charge < -0.3 is 10.1 Å². The van der Waals surface area contributed by atoms with Gasteiger partial charge in [0, 0.05) is 6.04 Å². The van der Waals surface area contributed by atoms with Crippen molar-refractivity contribution in [3.63, 3.8) is 0 Å². The van der Waals surface area contributed by atoms with Crippen LogP contribution in [0.25, 0.3) is 0 Å². The van der Waals surface area contributed by atoms with Gasteiger partial charge in [0.1, 0.15) is 5.75 Å². The van der Waals surface area contributed by atoms with Gasteiger partial charge in [-0.15, -0.1) is 0 Å². The standard InChI is InChI=1S/C15H23NO3S/c1-3-10-16-14-8-5-9-15(14)20(17,18)13-7-4-6-12(11-13)19-2/h4,6-7,11,14-16H,3,5,8-10H2,1-2H3. The molecular weight excluding hydrogens is 274 g/mol. The predicted octanol–water partition coefficient (Wildman–Crippen LogP) is 2.39. The molecule has 2 rings (SSSR count). The van der Waals surface area contributed by atoms with Crippen molar-refractivity contribution in [1.29, 1.82) is 0 Å². The summed E-state index contributed by atoms with van der Waals surface area (Å²) < 4.78 is 30.7. The van der Waals surface area contributed by atoms with Crippen LogP contribution in [0.2, 0.25) is 0 Å². The van der Waals surface area contributed by atoms with Crippen molar-refractivity contribution >= 4 is 9.84 Å². The highest BCUT2D eigenvalue weighted by Crippen LogP contribution is 2.31. The molecule has 0 radical (unpaired) electrons. The molecule has 2 unspecified atom stereocenters. The van der Waals surface area contributed by atoms with E-state index in [0.29, 0.717) is 10.6 Å². The van der Waals surface area contributed by atoms with Crippen LogP contribution in [-0.4, -0.2) is 33.4 Å². The Bertz CT molecular complexity index is 542. The number of nitrogens with one attached hydrogen (secondary N) is 1. The highest BCUT2D eigenvalue weighted by molar-refractivity contribution is 7.92. The van der Waals surface area contributed by atoms with Crippen molar-refractivity contribution in [2.75, 3.05) is 13.7 Å². The maximum atomic E-state index is 12.8. The molecule has 0 heterocycles. The number of benzene rings is 1. The van der Waals surface area contributed by atoms with Gasteiger partial charge in [-0.05, 0) is 44.0 Å². The summed E-state index contributed by atoms with van der Waals surface area (Å²) in [5.74, 6) is 0.585. The summed E-state index contributed by atoms with van der Waals surface area (Å²) in [7, 11) is -1.74. The highest BCUT2D eigenvalue weighted by atomic mass is 32.2. The minimum absolute atomic E-state index is 0.0751. The quantitative estimate of drug-likeness (QED) is 0.876. The van der Waals surface area contributed by atoms with E-state index >= 15 is 0 Å². The van der Waals surface area contributed by atoms with Gasteiger partial charge in [-0.25, -0.2) is 8.42 Å². The molecular formula is C15H23NO3S. The van der Waals surface area contributed by atoms with E-state index in [4.69, 9.17) is 4.74 Å². The molecule has 1 aromatic carbocycles. The molecule has 0 aromatic heterocycles. The number of sulfone groups is 1. The molecule has 0 aliphatic heterocycles. The van der Waals surface area contributed by atoms with Crippen LogP contribution < -0.4 is 10.1 Å². The van der Waals surface area contributed by atoms with Gasteiger partial charge in [-0.3, -0.25) is 0 Å². The second kappa shape index (κ2) is 6.59. The summed E-state index contributed by atoms with van der Waals surface area (Å²) in [6.07, 6.45) is 3.66. The van der Waals surface area contributed by atoms with Crippen molar-refractivity contribution in [1.82, 2.24) is 5.32 Å². The van der Waals surface area contributed by atoms with E-state index in [1.807, 2.05) is 0 Å². The Morgan fingerprint density at radius 1 is 1.35 bits per heavy atom. The predicted molar refractivity (Wildman–Crippen MR) is 79.9 cm³/mol. The van der Waals surface area contributed by atoms with E-state index < -0.39 is 9.84 Å². The molecule has 1 aliphatic rings. The fraction of sp³-hybridized carbons (Fsp3) is 0.600. The third kappa shape index (κ3) is 3.15. The molecule has 4 nitrogen and oxygen atoms in total. The molecule has 1 saturated carbocycles. The topological polar surface area (TPSA) is 55.4 Å². The SMILES string of the molecule is CCCNC1CCCC1S(=O)(=O)c1cccc(OC)c1. The summed E-state index contributed by atoms with van der Waals surface area (Å²) in [6, 6.07) is 6.85. The zero-order chi connectivity index (χ0) is 14.6. The normalized spacial score (nSPS) is 22.9. The summed E-state index contributed by atoms with van der Waals surface area (Å²) in [5.41, 5.74) is 0. The van der Waals surface area contributed by atoms with Crippen molar-refractivity contribution in [3.05, 3.63) is 24.3 Å². The summed E-state index contributed by atoms with van der Waals surface area (Å²) in [5, 5.41) is 3.06. The smallest absolute Gasteiger partial charge is 0.182 e. The molecule has 1 N–H and O–H groups in total. The van der Waals surface area contributed by atoms with E-state index in [-0.39, 0.29) is 11.3 Å². The number of hydrogen-bond acceptors (Lipinski definition) is 4. The highest BCUT2D eigenvalue weighted by Gasteiger charge is 2.38. The van der Waals surface area contributed by atoms with E-state index in [0.717, 1.165) is 32.2 Å². The molecule has 0 spiro atoms. The van der Waals surface area contributed by atoms with Crippen LogP contribution in [0.15, 0.2) is 29.2 Å². The summed E-state index contributed by atoms with van der Waals surface area (Å²) in [4.78, 5) is 0.368. The van der Waals surface area contributed by atoms with Crippen LogP contribution in [0.5, 0.6) is 5.75 Å². The van der Waals surface area contributed by atoms with Crippen LogP contribution in [0, 0.1) is 0 Å². The van der Waals surface area contributed by atoms with Crippen molar-refractivity contribution in [3.8, 4) is 5.75 Å². The molecule has 1 fully saturated rings. The molecule has 2 atom stereocenters. The average Bonchev–Trinajstić information content (AvgIpc) is 2.94. The molecule has 0 bridgehead atoms. The van der Waals surface area contributed by atoms with Gasteiger partial charge in [0.15, 0.2) is 9.84 Å². The molecule has 5 heteroatoms. The van der Waals surface area contributed by atoms with Crippen molar-refractivity contribution in [2.24, 2.45) is 0 Å². The lowest BCUT2D eigenvalue weighted by atomic mass is 10.2. The number of methoxy groups -OCH3 is 1. The van der Waals surface area contributed by atoms with Gasteiger partial charge in [0.05, 0.1) is 17.3 Å². The summed E-state index contributed by atoms with van der Waals surface area (Å²) in [6.45, 7) is 2.96. The van der Waals surface area contributed by atoms with E-state index in [2.05, 4.69) is 12.2 Å². The Kier molecular flexibility index (Phi) is 5.05. The van der Waals surface area contributed by atoms with Crippen LogP contribution in [0.3, 0.4) is 0 Å². The van der Waals surface area contributed by atoms with Crippen LogP contribution in [0.4, 0.5) is 0 Å². The molecule has 1 aliphatic carbocycles. The molecule has 20 heavy (non-hydrogen) atoms. The van der Waals surface area contributed by atoms with Crippen LogP contribution >= 0.6 is 0 Å². The second-order valence-electron chi connectivity index (χ2n) is 5.25. The molecule has 112 valence electrons. The zero-order valence-electron chi connectivity index (χ0n) is 12.1. The van der Waals surface area contributed by atoms with E-state index in [9.17, 15) is 8.42 Å². The average molecular weight is 297 g/mol. The first kappa shape index (κ1) is 15.3. The van der Waals surface area contributed by atoms with Crippen molar-refractivity contribution < 1.29 is 13.2 Å². The summed E-state index contributed by atoms with van der Waals surface area (Å²) >= 11 is 0. The zero-order valence-corrected chi connectivity index (χ0v) is 12.9. The maximum absolute atomic E-state index is 12.8. The first-order chi connectivity index (χ1) is 9.59. The van der Waals surface area contributed by atoms with Gasteiger partial charge >= 0.3 is 0 Å². The third-order valence-electron chi connectivity index (χ3n) is 3.88. The van der Waals surface area contributed by atoms with E-state index in [1.165, 1.54) is 0 Å². The molecule has 0 amide bonds. The van der Waals surface area contributed by atoms with E-state index in [1.54, 1.807) is 31.4 Å². The van der Waals surface area contributed by atoms with Gasteiger partial charge in [-0.1, -0.05) is 19.4 Å². The Hall–Kier alpha value is -1.07. The van der Waals surface area contributed by atoms with Crippen LogP contribution in [-0.2, 0) is 9.84 Å². The number of hydrogen-bond donors (Lipinski definition) is 1. The third-order valence-corrected chi connectivity index (χ3v) is 6.15. The maximum Gasteiger partial charge on any atom is 0.182 e. The Balaban J connectivity index is 2.24. The lowest BCUT2D eigenvalue weighted by Crippen LogP contribution is -2.40. The molecule has 1 aromatic rings. The lowest BCUT2D eigenvalue weighted by molar-refractivity contribution is 0.413. The fourth-order valence-corrected chi connectivity index (χ4v) is 4.85. The first-order valence-corrected chi connectivity index (χ1v) is 8.75. The minimum atomic E-state index is -3.29. The largest absolute Gasteiger partial charge is 0.497 e. The second-order valence-corrected chi connectivity index (χ2v) is 7.42. The Labute approximate surface area is 121 Å². The monoisotopic (exact) mass is 297 g/mol. The first-order valence-electron chi connectivity index (χ1n) is 7.21. The minimum Gasteiger partial charge on any atom is -0.497 e.